The van der Waals surface area contributed by atoms with E-state index in [9.17, 15) is 0 Å². The molecule has 2 aliphatic rings. The smallest absolute Gasteiger partial charge is 0.191 e. The number of aliphatic imine (C=N–C) groups is 1. The number of nitrogens with one attached hydrogen (secondary N) is 2. The van der Waals surface area contributed by atoms with Gasteiger partial charge in [-0.05, 0) is 84.9 Å². The van der Waals surface area contributed by atoms with Crippen molar-refractivity contribution in [3.63, 3.8) is 0 Å². The minimum atomic E-state index is 0. The highest BCUT2D eigenvalue weighted by atomic mass is 127. The van der Waals surface area contributed by atoms with Crippen molar-refractivity contribution >= 4 is 29.9 Å². The third kappa shape index (κ3) is 8.67. The monoisotopic (exact) mass is 570 g/mol. The summed E-state index contributed by atoms with van der Waals surface area (Å²) in [7, 11) is 6.36. The lowest BCUT2D eigenvalue weighted by atomic mass is 9.84. The van der Waals surface area contributed by atoms with E-state index in [1.165, 1.54) is 63.8 Å². The largest absolute Gasteiger partial charge is 0.356 e. The van der Waals surface area contributed by atoms with Gasteiger partial charge in [0.15, 0.2) is 5.96 Å². The van der Waals surface area contributed by atoms with Gasteiger partial charge in [-0.25, -0.2) is 0 Å². The molecule has 2 saturated heterocycles. The summed E-state index contributed by atoms with van der Waals surface area (Å²) in [5, 5.41) is 7.27. The van der Waals surface area contributed by atoms with Gasteiger partial charge < -0.3 is 15.5 Å². The highest BCUT2D eigenvalue weighted by molar-refractivity contribution is 14.0. The van der Waals surface area contributed by atoms with Crippen molar-refractivity contribution in [3.8, 4) is 0 Å². The fourth-order valence-electron chi connectivity index (χ4n) is 5.12. The van der Waals surface area contributed by atoms with Gasteiger partial charge in [0.25, 0.3) is 0 Å². The molecule has 2 heterocycles. The molecule has 1 aromatic rings. The highest BCUT2D eigenvalue weighted by Crippen LogP contribution is 2.30. The van der Waals surface area contributed by atoms with Gasteiger partial charge in [-0.2, -0.15) is 0 Å². The van der Waals surface area contributed by atoms with E-state index < -0.39 is 0 Å². The maximum absolute atomic E-state index is 4.52. The zero-order valence-corrected chi connectivity index (χ0v) is 23.7. The molecule has 3 rings (SSSR count). The first-order valence-electron chi connectivity index (χ1n) is 12.6. The number of guanidine groups is 1. The van der Waals surface area contributed by atoms with Gasteiger partial charge >= 0.3 is 0 Å². The summed E-state index contributed by atoms with van der Waals surface area (Å²) in [5.41, 5.74) is 1.64. The second-order valence-electron chi connectivity index (χ2n) is 9.97. The molecule has 2 aliphatic heterocycles. The van der Waals surface area contributed by atoms with Crippen LogP contribution >= 0.6 is 24.0 Å². The summed E-state index contributed by atoms with van der Waals surface area (Å²) in [6.07, 6.45) is 7.66. The Morgan fingerprint density at radius 3 is 2.36 bits per heavy atom. The maximum Gasteiger partial charge on any atom is 0.191 e. The molecule has 188 valence electrons. The molecule has 0 spiro atoms. The van der Waals surface area contributed by atoms with E-state index in [1.54, 1.807) is 0 Å². The number of nitrogens with zero attached hydrogens (tertiary/aromatic N) is 4. The average molecular weight is 571 g/mol. The lowest BCUT2D eigenvalue weighted by Crippen LogP contribution is -2.62. The third-order valence-corrected chi connectivity index (χ3v) is 7.63. The molecule has 2 fully saturated rings. The first-order valence-corrected chi connectivity index (χ1v) is 12.6. The number of hydrogen-bond acceptors (Lipinski definition) is 4. The Bertz CT molecular complexity index is 683. The van der Waals surface area contributed by atoms with Crippen LogP contribution in [-0.4, -0.2) is 92.7 Å². The Morgan fingerprint density at radius 1 is 1.06 bits per heavy atom. The highest BCUT2D eigenvalue weighted by Gasteiger charge is 2.39. The molecule has 1 atom stereocenters. The molecule has 0 amide bonds. The minimum Gasteiger partial charge on any atom is -0.356 e. The lowest BCUT2D eigenvalue weighted by Gasteiger charge is -2.50. The molecule has 0 bridgehead atoms. The summed E-state index contributed by atoms with van der Waals surface area (Å²) in [5.74, 6) is 0.943. The van der Waals surface area contributed by atoms with Gasteiger partial charge in [-0.1, -0.05) is 36.8 Å². The minimum absolute atomic E-state index is 0. The number of hydrogen-bond donors (Lipinski definition) is 2. The Labute approximate surface area is 219 Å². The molecule has 33 heavy (non-hydrogen) atoms. The molecule has 1 aromatic carbocycles. The quantitative estimate of drug-likeness (QED) is 0.270. The third-order valence-electron chi connectivity index (χ3n) is 7.63. The van der Waals surface area contributed by atoms with Crippen LogP contribution in [0.15, 0.2) is 35.3 Å². The Morgan fingerprint density at radius 2 is 1.73 bits per heavy atom. The molecule has 0 saturated carbocycles. The molecule has 0 radical (unpaired) electrons. The van der Waals surface area contributed by atoms with Gasteiger partial charge in [0.2, 0.25) is 0 Å². The van der Waals surface area contributed by atoms with Crippen LogP contribution in [0.3, 0.4) is 0 Å². The van der Waals surface area contributed by atoms with Crippen LogP contribution in [-0.2, 0) is 6.54 Å². The second-order valence-corrected chi connectivity index (χ2v) is 9.97. The van der Waals surface area contributed by atoms with Crippen LogP contribution in [0.2, 0.25) is 0 Å². The van der Waals surface area contributed by atoms with E-state index in [1.807, 2.05) is 7.05 Å². The molecule has 1 unspecified atom stereocenters. The van der Waals surface area contributed by atoms with Crippen LogP contribution < -0.4 is 10.6 Å². The number of benzene rings is 1. The molecule has 0 aromatic heterocycles. The summed E-state index contributed by atoms with van der Waals surface area (Å²) < 4.78 is 0. The standard InChI is InChI=1S/C26H46N6.HI/c1-23(31(4)21-24-11-7-5-8-12-24)13-16-28-25(27-2)29-22-26(14-19-30(3)20-15-26)32-17-9-6-10-18-32;/h5,7-8,11-12,23H,6,9-10,13-22H2,1-4H3,(H2,27,28,29);1H. The molecular formula is C26H47IN6. The summed E-state index contributed by atoms with van der Waals surface area (Å²) in [4.78, 5) is 12.2. The molecule has 0 aliphatic carbocycles. The van der Waals surface area contributed by atoms with Crippen molar-refractivity contribution < 1.29 is 0 Å². The first-order chi connectivity index (χ1) is 15.5. The predicted octanol–water partition coefficient (Wildman–Crippen LogP) is 3.63. The maximum atomic E-state index is 4.52. The molecule has 6 nitrogen and oxygen atoms in total. The zero-order chi connectivity index (χ0) is 22.8. The SMILES string of the molecule is CN=C(NCCC(C)N(C)Cc1ccccc1)NCC1(N2CCCCC2)CCN(C)CC1.I. The first kappa shape index (κ1) is 28.3. The van der Waals surface area contributed by atoms with Gasteiger partial charge in [-0.3, -0.25) is 14.8 Å². The Balaban J connectivity index is 0.00000385. The topological polar surface area (TPSA) is 46.1 Å². The normalized spacial score (nSPS) is 20.8. The van der Waals surface area contributed by atoms with Crippen LogP contribution in [0.1, 0.15) is 51.0 Å². The Hall–Kier alpha value is -0.900. The Kier molecular flexibility index (Phi) is 12.4. The number of rotatable bonds is 9. The van der Waals surface area contributed by atoms with Crippen molar-refractivity contribution in [2.24, 2.45) is 4.99 Å². The summed E-state index contributed by atoms with van der Waals surface area (Å²) in [6.45, 7) is 10.1. The van der Waals surface area contributed by atoms with Gasteiger partial charge in [0.1, 0.15) is 0 Å². The van der Waals surface area contributed by atoms with E-state index in [4.69, 9.17) is 0 Å². The van der Waals surface area contributed by atoms with E-state index in [0.717, 1.165) is 32.0 Å². The summed E-state index contributed by atoms with van der Waals surface area (Å²) >= 11 is 0. The van der Waals surface area contributed by atoms with Crippen molar-refractivity contribution in [2.75, 3.05) is 60.4 Å². The summed E-state index contributed by atoms with van der Waals surface area (Å²) in [6, 6.07) is 11.2. The van der Waals surface area contributed by atoms with Crippen LogP contribution in [0.25, 0.3) is 0 Å². The molecular weight excluding hydrogens is 523 g/mol. The fraction of sp³-hybridized carbons (Fsp3) is 0.731. The van der Waals surface area contributed by atoms with E-state index in [-0.39, 0.29) is 29.5 Å². The van der Waals surface area contributed by atoms with Gasteiger partial charge in [0.05, 0.1) is 0 Å². The number of halogens is 1. The van der Waals surface area contributed by atoms with Crippen LogP contribution in [0, 0.1) is 0 Å². The van der Waals surface area contributed by atoms with E-state index in [0.29, 0.717) is 6.04 Å². The zero-order valence-electron chi connectivity index (χ0n) is 21.4. The van der Waals surface area contributed by atoms with Crippen LogP contribution in [0.4, 0.5) is 0 Å². The van der Waals surface area contributed by atoms with Crippen molar-refractivity contribution in [1.29, 1.82) is 0 Å². The van der Waals surface area contributed by atoms with Crippen molar-refractivity contribution in [3.05, 3.63) is 35.9 Å². The van der Waals surface area contributed by atoms with Crippen molar-refractivity contribution in [2.45, 2.75) is 63.6 Å². The van der Waals surface area contributed by atoms with Crippen molar-refractivity contribution in [1.82, 2.24) is 25.3 Å². The van der Waals surface area contributed by atoms with Gasteiger partial charge in [0, 0.05) is 38.3 Å². The molecule has 7 heteroatoms. The fourth-order valence-corrected chi connectivity index (χ4v) is 5.12. The average Bonchev–Trinajstić information content (AvgIpc) is 2.83. The number of piperidine rings is 2. The predicted molar refractivity (Wildman–Crippen MR) is 152 cm³/mol. The number of likely N-dealkylation sites (tertiary alicyclic amines) is 2. The van der Waals surface area contributed by atoms with Gasteiger partial charge in [-0.15, -0.1) is 24.0 Å². The van der Waals surface area contributed by atoms with E-state index >= 15 is 0 Å². The van der Waals surface area contributed by atoms with Crippen LogP contribution in [0.5, 0.6) is 0 Å². The second kappa shape index (κ2) is 14.5. The molecule has 2 N–H and O–H groups in total. The lowest BCUT2D eigenvalue weighted by molar-refractivity contribution is 0.0173. The van der Waals surface area contributed by atoms with E-state index in [2.05, 4.69) is 81.7 Å².